The summed E-state index contributed by atoms with van der Waals surface area (Å²) in [6.07, 6.45) is 5.26. The lowest BCUT2D eigenvalue weighted by molar-refractivity contribution is 0.102. The van der Waals surface area contributed by atoms with Gasteiger partial charge in [0.1, 0.15) is 0 Å². The largest absolute Gasteiger partial charge is 0.354 e. The quantitative estimate of drug-likeness (QED) is 0.800. The number of hydrogen-bond acceptors (Lipinski definition) is 4. The molecule has 116 valence electrons. The number of unbranched alkanes of at least 4 members (excludes halogenated alkanes) is 1. The van der Waals surface area contributed by atoms with Gasteiger partial charge in [0, 0.05) is 24.6 Å². The molecular formula is C17H22N4O. The summed E-state index contributed by atoms with van der Waals surface area (Å²) in [5.74, 6) is 0.349. The van der Waals surface area contributed by atoms with E-state index in [4.69, 9.17) is 0 Å². The monoisotopic (exact) mass is 298 g/mol. The van der Waals surface area contributed by atoms with Gasteiger partial charge in [-0.15, -0.1) is 0 Å². The van der Waals surface area contributed by atoms with Crippen LogP contribution in [0.1, 0.15) is 41.3 Å². The molecule has 1 aromatic carbocycles. The lowest BCUT2D eigenvalue weighted by Crippen LogP contribution is -2.14. The van der Waals surface area contributed by atoms with E-state index in [9.17, 15) is 4.79 Å². The van der Waals surface area contributed by atoms with Crippen LogP contribution < -0.4 is 10.6 Å². The van der Waals surface area contributed by atoms with Gasteiger partial charge in [-0.2, -0.15) is 0 Å². The number of hydrogen-bond donors (Lipinski definition) is 2. The number of anilines is 2. The summed E-state index contributed by atoms with van der Waals surface area (Å²) >= 11 is 0. The third-order valence-corrected chi connectivity index (χ3v) is 3.21. The van der Waals surface area contributed by atoms with Crippen LogP contribution >= 0.6 is 0 Å². The summed E-state index contributed by atoms with van der Waals surface area (Å²) in [6, 6.07) is 5.94. The predicted molar refractivity (Wildman–Crippen MR) is 89.3 cm³/mol. The van der Waals surface area contributed by atoms with Crippen LogP contribution in [0.25, 0.3) is 0 Å². The summed E-state index contributed by atoms with van der Waals surface area (Å²) < 4.78 is 0. The van der Waals surface area contributed by atoms with Crippen LogP contribution in [0.2, 0.25) is 0 Å². The molecule has 0 bridgehead atoms. The average Bonchev–Trinajstić information content (AvgIpc) is 2.47. The van der Waals surface area contributed by atoms with Crippen molar-refractivity contribution in [2.45, 2.75) is 33.6 Å². The number of carbonyl (C=O) groups is 1. The van der Waals surface area contributed by atoms with Crippen molar-refractivity contribution < 1.29 is 4.79 Å². The molecular weight excluding hydrogens is 276 g/mol. The Labute approximate surface area is 131 Å². The maximum Gasteiger partial charge on any atom is 0.258 e. The minimum absolute atomic E-state index is 0.204. The molecule has 0 saturated carbocycles. The molecule has 0 aliphatic heterocycles. The Kier molecular flexibility index (Phi) is 5.47. The predicted octanol–water partition coefficient (Wildman–Crippen LogP) is 3.56. The van der Waals surface area contributed by atoms with Gasteiger partial charge in [-0.1, -0.05) is 19.4 Å². The standard InChI is InChI=1S/C17H22N4O/c1-4-5-6-18-17-19-10-14(11-20-17)16(22)21-15-8-12(2)7-13(3)9-15/h7-11H,4-6H2,1-3H3,(H,21,22)(H,18,19,20). The number of aromatic nitrogens is 2. The fourth-order valence-electron chi connectivity index (χ4n) is 2.16. The zero-order valence-corrected chi connectivity index (χ0v) is 13.3. The summed E-state index contributed by atoms with van der Waals surface area (Å²) in [5.41, 5.74) is 3.46. The third kappa shape index (κ3) is 4.55. The average molecular weight is 298 g/mol. The van der Waals surface area contributed by atoms with Crippen LogP contribution in [0.5, 0.6) is 0 Å². The van der Waals surface area contributed by atoms with Gasteiger partial charge in [-0.05, 0) is 43.5 Å². The molecule has 0 saturated heterocycles. The number of aryl methyl sites for hydroxylation is 2. The number of amides is 1. The highest BCUT2D eigenvalue weighted by Gasteiger charge is 2.08. The molecule has 2 N–H and O–H groups in total. The lowest BCUT2D eigenvalue weighted by atomic mass is 10.1. The molecule has 0 atom stereocenters. The van der Waals surface area contributed by atoms with E-state index in [1.807, 2.05) is 26.0 Å². The van der Waals surface area contributed by atoms with E-state index in [1.165, 1.54) is 0 Å². The van der Waals surface area contributed by atoms with Gasteiger partial charge in [0.05, 0.1) is 5.56 Å². The SMILES string of the molecule is CCCCNc1ncc(C(=O)Nc2cc(C)cc(C)c2)cn1. The molecule has 0 fully saturated rings. The van der Waals surface area contributed by atoms with Gasteiger partial charge in [-0.25, -0.2) is 9.97 Å². The van der Waals surface area contributed by atoms with Crippen molar-refractivity contribution in [2.24, 2.45) is 0 Å². The van der Waals surface area contributed by atoms with Crippen molar-refractivity contribution in [3.63, 3.8) is 0 Å². The summed E-state index contributed by atoms with van der Waals surface area (Å²) in [7, 11) is 0. The summed E-state index contributed by atoms with van der Waals surface area (Å²) in [4.78, 5) is 20.5. The third-order valence-electron chi connectivity index (χ3n) is 3.21. The van der Waals surface area contributed by atoms with Crippen molar-refractivity contribution in [2.75, 3.05) is 17.2 Å². The summed E-state index contributed by atoms with van der Waals surface area (Å²) in [5, 5.41) is 5.99. The van der Waals surface area contributed by atoms with E-state index in [1.54, 1.807) is 12.4 Å². The van der Waals surface area contributed by atoms with Crippen molar-refractivity contribution in [3.05, 3.63) is 47.3 Å². The van der Waals surface area contributed by atoms with E-state index < -0.39 is 0 Å². The van der Waals surface area contributed by atoms with Gasteiger partial charge in [0.2, 0.25) is 5.95 Å². The second kappa shape index (κ2) is 7.54. The van der Waals surface area contributed by atoms with Crippen LogP contribution in [0, 0.1) is 13.8 Å². The number of carbonyl (C=O) groups excluding carboxylic acids is 1. The highest BCUT2D eigenvalue weighted by atomic mass is 16.1. The van der Waals surface area contributed by atoms with Crippen LogP contribution in [0.4, 0.5) is 11.6 Å². The van der Waals surface area contributed by atoms with Crippen LogP contribution in [-0.4, -0.2) is 22.4 Å². The Morgan fingerprint density at radius 1 is 1.09 bits per heavy atom. The first-order chi connectivity index (χ1) is 10.6. The molecule has 1 heterocycles. The fraction of sp³-hybridized carbons (Fsp3) is 0.353. The maximum absolute atomic E-state index is 12.2. The molecule has 0 radical (unpaired) electrons. The molecule has 2 aromatic rings. The molecule has 2 rings (SSSR count). The summed E-state index contributed by atoms with van der Waals surface area (Å²) in [6.45, 7) is 6.97. The normalized spacial score (nSPS) is 10.3. The van der Waals surface area contributed by atoms with E-state index >= 15 is 0 Å². The van der Waals surface area contributed by atoms with Gasteiger partial charge in [-0.3, -0.25) is 4.79 Å². The van der Waals surface area contributed by atoms with Crippen molar-refractivity contribution in [1.82, 2.24) is 9.97 Å². The Hall–Kier alpha value is -2.43. The zero-order valence-electron chi connectivity index (χ0n) is 13.3. The minimum atomic E-state index is -0.204. The second-order valence-electron chi connectivity index (χ2n) is 5.41. The topological polar surface area (TPSA) is 66.9 Å². The van der Waals surface area contributed by atoms with Crippen LogP contribution in [0.3, 0.4) is 0 Å². The van der Waals surface area contributed by atoms with E-state index in [-0.39, 0.29) is 5.91 Å². The Morgan fingerprint density at radius 2 is 1.73 bits per heavy atom. The molecule has 0 unspecified atom stereocenters. The zero-order chi connectivity index (χ0) is 15.9. The Morgan fingerprint density at radius 3 is 2.32 bits per heavy atom. The number of nitrogens with one attached hydrogen (secondary N) is 2. The molecule has 0 aliphatic carbocycles. The van der Waals surface area contributed by atoms with Crippen molar-refractivity contribution in [1.29, 1.82) is 0 Å². The Bertz CT molecular complexity index is 617. The van der Waals surface area contributed by atoms with Gasteiger partial charge in [0.15, 0.2) is 0 Å². The van der Waals surface area contributed by atoms with E-state index in [2.05, 4.69) is 33.6 Å². The second-order valence-corrected chi connectivity index (χ2v) is 5.41. The lowest BCUT2D eigenvalue weighted by Gasteiger charge is -2.08. The first-order valence-corrected chi connectivity index (χ1v) is 7.54. The van der Waals surface area contributed by atoms with Gasteiger partial charge >= 0.3 is 0 Å². The molecule has 0 spiro atoms. The van der Waals surface area contributed by atoms with Crippen LogP contribution in [-0.2, 0) is 0 Å². The van der Waals surface area contributed by atoms with Crippen molar-refractivity contribution >= 4 is 17.5 Å². The molecule has 22 heavy (non-hydrogen) atoms. The van der Waals surface area contributed by atoms with Crippen LogP contribution in [0.15, 0.2) is 30.6 Å². The van der Waals surface area contributed by atoms with Crippen molar-refractivity contribution in [3.8, 4) is 0 Å². The molecule has 5 nitrogen and oxygen atoms in total. The number of rotatable bonds is 6. The van der Waals surface area contributed by atoms with Gasteiger partial charge < -0.3 is 10.6 Å². The molecule has 1 aromatic heterocycles. The highest BCUT2D eigenvalue weighted by Crippen LogP contribution is 2.14. The first kappa shape index (κ1) is 15.9. The van der Waals surface area contributed by atoms with E-state index in [0.29, 0.717) is 11.5 Å². The first-order valence-electron chi connectivity index (χ1n) is 7.54. The maximum atomic E-state index is 12.2. The fourth-order valence-corrected chi connectivity index (χ4v) is 2.16. The van der Waals surface area contributed by atoms with Gasteiger partial charge in [0.25, 0.3) is 5.91 Å². The highest BCUT2D eigenvalue weighted by molar-refractivity contribution is 6.03. The Balaban J connectivity index is 2.00. The molecule has 1 amide bonds. The van der Waals surface area contributed by atoms with E-state index in [0.717, 1.165) is 36.2 Å². The number of benzene rings is 1. The molecule has 0 aliphatic rings. The molecule has 5 heteroatoms. The number of nitrogens with zero attached hydrogens (tertiary/aromatic N) is 2. The minimum Gasteiger partial charge on any atom is -0.354 e. The smallest absolute Gasteiger partial charge is 0.258 e.